The molecule has 0 aromatic carbocycles. The van der Waals surface area contributed by atoms with Gasteiger partial charge in [-0.1, -0.05) is 0 Å². The molecule has 0 saturated carbocycles. The molecule has 0 aromatic heterocycles. The number of nitrogens with zero attached hydrogens (tertiary/aromatic N) is 3. The van der Waals surface area contributed by atoms with Crippen LogP contribution in [-0.4, -0.2) is 62.4 Å². The maximum absolute atomic E-state index is 11.7. The number of hydrogen-bond acceptors (Lipinski definition) is 5. The number of carbonyl (C=O) groups excluding carboxylic acids is 1. The molecule has 174 valence electrons. The van der Waals surface area contributed by atoms with E-state index in [1.165, 1.54) is 6.92 Å². The second kappa shape index (κ2) is 10.1. The summed E-state index contributed by atoms with van der Waals surface area (Å²) in [5, 5.41) is 4.92. The van der Waals surface area contributed by atoms with Gasteiger partial charge in [-0.2, -0.15) is 0 Å². The van der Waals surface area contributed by atoms with E-state index in [1.807, 2.05) is 0 Å². The van der Waals surface area contributed by atoms with Crippen molar-refractivity contribution in [2.45, 2.75) is 113 Å². The van der Waals surface area contributed by atoms with Gasteiger partial charge in [-0.25, -0.2) is 0 Å². The zero-order valence-corrected chi connectivity index (χ0v) is 24.3. The quantitative estimate of drug-likeness (QED) is 0.136. The van der Waals surface area contributed by atoms with E-state index < -0.39 is 28.8 Å². The number of azide groups is 1. The van der Waals surface area contributed by atoms with E-state index in [9.17, 15) is 10.3 Å². The summed E-state index contributed by atoms with van der Waals surface area (Å²) in [6, 6.07) is -0.531. The molecule has 0 amide bonds. The summed E-state index contributed by atoms with van der Waals surface area (Å²) < 4.78 is 18.9. The van der Waals surface area contributed by atoms with Crippen LogP contribution >= 0.6 is 0 Å². The Bertz CT molecular complexity index is 655. The van der Waals surface area contributed by atoms with Gasteiger partial charge in [0.1, 0.15) is 0 Å². The predicted molar refractivity (Wildman–Crippen MR) is 128 cm³/mol. The number of hydrogen-bond donors (Lipinski definition) is 0. The molecule has 0 N–H and O–H groups in total. The van der Waals surface area contributed by atoms with Crippen molar-refractivity contribution in [3.63, 3.8) is 0 Å². The van der Waals surface area contributed by atoms with Crippen LogP contribution in [0.4, 0.5) is 0 Å². The Kier molecular flexibility index (Phi) is 9.29. The fraction of sp³-hybridized carbons (Fsp3) is 0.950. The molecular weight excluding hydrogens is 481 g/mol. The average molecular weight is 523 g/mol. The van der Waals surface area contributed by atoms with E-state index in [4.69, 9.17) is 13.6 Å². The van der Waals surface area contributed by atoms with Crippen LogP contribution < -0.4 is 0 Å². The number of rotatable bonds is 7. The molecule has 0 spiro atoms. The van der Waals surface area contributed by atoms with Crippen molar-refractivity contribution in [3.8, 4) is 0 Å². The monoisotopic (exact) mass is 523 g/mol. The second-order valence-corrected chi connectivity index (χ2v) is 23.4. The van der Waals surface area contributed by atoms with Crippen LogP contribution in [0, 0.1) is 0 Å². The second-order valence-electron chi connectivity index (χ2n) is 11.1. The molecule has 30 heavy (non-hydrogen) atoms. The molecule has 7 nitrogen and oxygen atoms in total. The van der Waals surface area contributed by atoms with Crippen LogP contribution in [0.5, 0.6) is 0 Å². The number of carbonyl (C=O) groups is 1. The van der Waals surface area contributed by atoms with Gasteiger partial charge in [0.15, 0.2) is 0 Å². The van der Waals surface area contributed by atoms with Gasteiger partial charge in [-0.05, 0) is 0 Å². The van der Waals surface area contributed by atoms with Crippen molar-refractivity contribution in [3.05, 3.63) is 10.4 Å². The fourth-order valence-electron chi connectivity index (χ4n) is 2.67. The molecule has 0 radical (unpaired) electrons. The van der Waals surface area contributed by atoms with Crippen LogP contribution in [-0.2, 0) is 18.4 Å². The summed E-state index contributed by atoms with van der Waals surface area (Å²) in [6.45, 7) is 24.2. The summed E-state index contributed by atoms with van der Waals surface area (Å²) in [6.07, 6.45) is -0.734. The average Bonchev–Trinajstić information content (AvgIpc) is 2.54. The van der Waals surface area contributed by atoms with E-state index in [0.29, 0.717) is 11.9 Å². The molecule has 4 atom stereocenters. The molecular formula is C20H41N3O4SeSi2. The first-order valence-corrected chi connectivity index (χ1v) is 18.6. The Balaban J connectivity index is 3.24. The van der Waals surface area contributed by atoms with Gasteiger partial charge in [-0.3, -0.25) is 0 Å². The summed E-state index contributed by atoms with van der Waals surface area (Å²) in [4.78, 5) is 14.9. The molecule has 1 rings (SSSR count). The van der Waals surface area contributed by atoms with Gasteiger partial charge in [0.05, 0.1) is 0 Å². The Hall–Kier alpha value is -0.347. The number of esters is 1. The molecule has 1 saturated heterocycles. The van der Waals surface area contributed by atoms with Crippen LogP contribution in [0.25, 0.3) is 10.4 Å². The normalized spacial score (nSPS) is 26.1. The standard InChI is InChI=1S/C20H41N3O4SeSi2/c1-14(24)26-15-13-28-16(12-25-29(8,9)19(2,3)4)18(17(15)22-23-21)27-30(10,11)20(5,6)7/h15-18H,12-13H2,1-11H3/t15-,16+,17+,18-/m0/s1. The first-order valence-electron chi connectivity index (χ1n) is 10.6. The maximum atomic E-state index is 11.7. The van der Waals surface area contributed by atoms with Gasteiger partial charge in [0, 0.05) is 0 Å². The van der Waals surface area contributed by atoms with E-state index in [-0.39, 0.29) is 41.9 Å². The molecule has 0 bridgehead atoms. The molecule has 0 aromatic rings. The third-order valence-electron chi connectivity index (χ3n) is 6.71. The van der Waals surface area contributed by atoms with E-state index >= 15 is 0 Å². The van der Waals surface area contributed by atoms with Crippen LogP contribution in [0.2, 0.25) is 46.4 Å². The van der Waals surface area contributed by atoms with Crippen LogP contribution in [0.3, 0.4) is 0 Å². The van der Waals surface area contributed by atoms with Crippen molar-refractivity contribution in [1.82, 2.24) is 0 Å². The zero-order chi connectivity index (χ0) is 23.5. The topological polar surface area (TPSA) is 93.5 Å². The molecule has 0 unspecified atom stereocenters. The summed E-state index contributed by atoms with van der Waals surface area (Å²) in [5.41, 5.74) is 9.25. The summed E-state index contributed by atoms with van der Waals surface area (Å²) in [7, 11) is -4.06. The van der Waals surface area contributed by atoms with Crippen LogP contribution in [0.1, 0.15) is 48.5 Å². The first-order chi connectivity index (χ1) is 13.4. The molecule has 1 aliphatic heterocycles. The van der Waals surface area contributed by atoms with Gasteiger partial charge in [0.25, 0.3) is 0 Å². The van der Waals surface area contributed by atoms with E-state index in [1.54, 1.807) is 0 Å². The predicted octanol–water partition coefficient (Wildman–Crippen LogP) is 5.93. The molecule has 1 fully saturated rings. The van der Waals surface area contributed by atoms with Gasteiger partial charge < -0.3 is 0 Å². The molecule has 1 heterocycles. The Labute approximate surface area is 191 Å². The van der Waals surface area contributed by atoms with Crippen molar-refractivity contribution in [2.24, 2.45) is 5.11 Å². The van der Waals surface area contributed by atoms with Crippen molar-refractivity contribution in [1.29, 1.82) is 0 Å². The minimum absolute atomic E-state index is 0.0140. The van der Waals surface area contributed by atoms with E-state index in [0.717, 1.165) is 0 Å². The third kappa shape index (κ3) is 7.09. The summed E-state index contributed by atoms with van der Waals surface area (Å²) in [5.74, 6) is -0.351. The minimum atomic E-state index is -2.14. The Morgan fingerprint density at radius 1 is 1.10 bits per heavy atom. The third-order valence-corrected chi connectivity index (χ3v) is 18.5. The fourth-order valence-corrected chi connectivity index (χ4v) is 8.20. The number of ether oxygens (including phenoxy) is 1. The van der Waals surface area contributed by atoms with E-state index in [2.05, 4.69) is 77.8 Å². The van der Waals surface area contributed by atoms with Crippen molar-refractivity contribution in [2.75, 3.05) is 6.61 Å². The van der Waals surface area contributed by atoms with Gasteiger partial charge in [-0.15, -0.1) is 0 Å². The van der Waals surface area contributed by atoms with Crippen molar-refractivity contribution >= 4 is 37.6 Å². The van der Waals surface area contributed by atoms with Gasteiger partial charge >= 0.3 is 191 Å². The summed E-state index contributed by atoms with van der Waals surface area (Å²) >= 11 is 0.150. The Morgan fingerprint density at radius 2 is 1.63 bits per heavy atom. The molecule has 0 aliphatic carbocycles. The Morgan fingerprint density at radius 3 is 2.07 bits per heavy atom. The molecule has 1 aliphatic rings. The molecule has 10 heteroatoms. The van der Waals surface area contributed by atoms with Crippen molar-refractivity contribution < 1.29 is 18.4 Å². The zero-order valence-electron chi connectivity index (χ0n) is 20.6. The van der Waals surface area contributed by atoms with Crippen LogP contribution in [0.15, 0.2) is 5.11 Å². The van der Waals surface area contributed by atoms with Gasteiger partial charge in [0.2, 0.25) is 0 Å². The first kappa shape index (κ1) is 27.7. The SMILES string of the molecule is CC(=O)O[C@H]1C[Se][C@H](CO[Si](C)(C)C(C)(C)C)[C@H](O[Si](C)(C)C(C)(C)C)[C@@H]1N=[N+]=[N-].